The van der Waals surface area contributed by atoms with Crippen molar-refractivity contribution in [2.24, 2.45) is 4.99 Å². The number of hydrogen-bond acceptors (Lipinski definition) is 3. The molecule has 2 N–H and O–H groups in total. The molecule has 0 saturated carbocycles. The first kappa shape index (κ1) is 21.4. The van der Waals surface area contributed by atoms with Gasteiger partial charge in [0.25, 0.3) is 0 Å². The first-order valence-corrected chi connectivity index (χ1v) is 8.84. The molecule has 0 unspecified atom stereocenters. The molecular formula is C20H25FIN3O2. The van der Waals surface area contributed by atoms with Gasteiger partial charge in [0.15, 0.2) is 12.8 Å². The molecule has 1 heterocycles. The number of benzene rings is 2. The van der Waals surface area contributed by atoms with Gasteiger partial charge in [-0.2, -0.15) is 0 Å². The summed E-state index contributed by atoms with van der Waals surface area (Å²) in [5.74, 6) is 1.22. The molecule has 146 valence electrons. The topological polar surface area (TPSA) is 54.9 Å². The van der Waals surface area contributed by atoms with E-state index in [1.165, 1.54) is 12.1 Å². The van der Waals surface area contributed by atoms with Crippen molar-refractivity contribution in [3.05, 3.63) is 65.0 Å². The quantitative estimate of drug-likeness (QED) is 0.373. The summed E-state index contributed by atoms with van der Waals surface area (Å²) in [5, 5.41) is 6.52. The van der Waals surface area contributed by atoms with Crippen molar-refractivity contribution in [1.82, 2.24) is 10.6 Å². The fourth-order valence-corrected chi connectivity index (χ4v) is 2.85. The monoisotopic (exact) mass is 485 g/mol. The predicted molar refractivity (Wildman–Crippen MR) is 115 cm³/mol. The molecule has 1 aliphatic heterocycles. The summed E-state index contributed by atoms with van der Waals surface area (Å²) >= 11 is 0. The summed E-state index contributed by atoms with van der Waals surface area (Å²) in [4.78, 5) is 4.59. The zero-order chi connectivity index (χ0) is 18.2. The second-order valence-electron chi connectivity index (χ2n) is 6.02. The summed E-state index contributed by atoms with van der Waals surface area (Å²) in [7, 11) is 0. The Labute approximate surface area is 176 Å². The number of halogens is 2. The van der Waals surface area contributed by atoms with Crippen molar-refractivity contribution in [1.29, 1.82) is 0 Å². The lowest BCUT2D eigenvalue weighted by Gasteiger charge is -2.21. The van der Waals surface area contributed by atoms with Gasteiger partial charge in [0.1, 0.15) is 11.6 Å². The average molecular weight is 485 g/mol. The molecule has 0 aromatic heterocycles. The normalized spacial score (nSPS) is 13.2. The number of ether oxygens (including phenoxy) is 2. The van der Waals surface area contributed by atoms with Gasteiger partial charge in [-0.25, -0.2) is 9.38 Å². The van der Waals surface area contributed by atoms with Crippen molar-refractivity contribution in [2.75, 3.05) is 19.9 Å². The smallest absolute Gasteiger partial charge is 0.191 e. The van der Waals surface area contributed by atoms with E-state index >= 15 is 0 Å². The number of nitrogens with zero attached hydrogens (tertiary/aromatic N) is 1. The number of nitrogens with one attached hydrogen (secondary N) is 2. The maximum absolute atomic E-state index is 13.8. The Morgan fingerprint density at radius 1 is 1.19 bits per heavy atom. The first-order valence-electron chi connectivity index (χ1n) is 8.84. The minimum Gasteiger partial charge on any atom is -0.467 e. The molecule has 0 aliphatic carbocycles. The maximum Gasteiger partial charge on any atom is 0.191 e. The van der Waals surface area contributed by atoms with E-state index in [4.69, 9.17) is 9.47 Å². The molecule has 3 rings (SSSR count). The van der Waals surface area contributed by atoms with Gasteiger partial charge in [-0.15, -0.1) is 24.0 Å². The third-order valence-corrected chi connectivity index (χ3v) is 4.05. The predicted octanol–water partition coefficient (Wildman–Crippen LogP) is 3.61. The second-order valence-corrected chi connectivity index (χ2v) is 6.02. The molecule has 27 heavy (non-hydrogen) atoms. The van der Waals surface area contributed by atoms with Crippen molar-refractivity contribution < 1.29 is 13.9 Å². The standard InChI is InChI=1S/C20H24FN3O2.HI/c1-2-22-20(24-12-15-6-4-3-5-7-15)23-9-8-16-10-18(21)11-17-13-25-14-26-19(16)17;/h3-7,10-11H,2,8-9,12-14H2,1H3,(H2,22,23,24);1H. The second kappa shape index (κ2) is 11.1. The van der Waals surface area contributed by atoms with Crippen LogP contribution in [-0.2, 0) is 24.3 Å². The van der Waals surface area contributed by atoms with Crippen LogP contribution in [0.4, 0.5) is 4.39 Å². The number of aliphatic imine (C=N–C) groups is 1. The number of fused-ring (bicyclic) bond motifs is 1. The van der Waals surface area contributed by atoms with Crippen molar-refractivity contribution >= 4 is 29.9 Å². The third-order valence-electron chi connectivity index (χ3n) is 4.05. The fraction of sp³-hybridized carbons (Fsp3) is 0.350. The molecule has 2 aromatic carbocycles. The van der Waals surface area contributed by atoms with Crippen LogP contribution in [0, 0.1) is 5.82 Å². The zero-order valence-electron chi connectivity index (χ0n) is 15.3. The number of rotatable bonds is 6. The Kier molecular flexibility index (Phi) is 8.80. The van der Waals surface area contributed by atoms with E-state index in [1.807, 2.05) is 37.3 Å². The summed E-state index contributed by atoms with van der Waals surface area (Å²) in [5.41, 5.74) is 2.75. The molecule has 0 bridgehead atoms. The molecule has 0 amide bonds. The minimum atomic E-state index is -0.266. The molecule has 0 spiro atoms. The Hall–Kier alpha value is -1.87. The molecule has 5 nitrogen and oxygen atoms in total. The van der Waals surface area contributed by atoms with Crippen LogP contribution in [0.25, 0.3) is 0 Å². The zero-order valence-corrected chi connectivity index (χ0v) is 17.7. The Bertz CT molecular complexity index is 756. The van der Waals surface area contributed by atoms with Crippen LogP contribution >= 0.6 is 24.0 Å². The molecule has 0 saturated heterocycles. The molecule has 0 atom stereocenters. The van der Waals surface area contributed by atoms with Crippen molar-refractivity contribution in [2.45, 2.75) is 26.5 Å². The van der Waals surface area contributed by atoms with E-state index in [0.717, 1.165) is 34.9 Å². The highest BCUT2D eigenvalue weighted by Crippen LogP contribution is 2.29. The van der Waals surface area contributed by atoms with E-state index in [-0.39, 0.29) is 36.6 Å². The van der Waals surface area contributed by atoms with Crippen LogP contribution in [-0.4, -0.2) is 25.8 Å². The van der Waals surface area contributed by atoms with Gasteiger partial charge in [0.2, 0.25) is 0 Å². The SMILES string of the molecule is CCNC(=NCc1ccccc1)NCCc1cc(F)cc2c1OCOC2.I. The molecular weight excluding hydrogens is 460 g/mol. The van der Waals surface area contributed by atoms with E-state index in [1.54, 1.807) is 0 Å². The van der Waals surface area contributed by atoms with E-state index < -0.39 is 0 Å². The summed E-state index contributed by atoms with van der Waals surface area (Å²) in [6, 6.07) is 13.1. The maximum atomic E-state index is 13.8. The van der Waals surface area contributed by atoms with Crippen LogP contribution < -0.4 is 15.4 Å². The molecule has 7 heteroatoms. The lowest BCUT2D eigenvalue weighted by Crippen LogP contribution is -2.38. The van der Waals surface area contributed by atoms with Gasteiger partial charge < -0.3 is 20.1 Å². The summed E-state index contributed by atoms with van der Waals surface area (Å²) in [6.07, 6.45) is 0.635. The van der Waals surface area contributed by atoms with E-state index in [0.29, 0.717) is 26.1 Å². The highest BCUT2D eigenvalue weighted by Gasteiger charge is 2.16. The average Bonchev–Trinajstić information content (AvgIpc) is 2.66. The van der Waals surface area contributed by atoms with Crippen LogP contribution in [0.5, 0.6) is 5.75 Å². The molecule has 2 aromatic rings. The third kappa shape index (κ3) is 6.35. The molecule has 1 aliphatic rings. The van der Waals surface area contributed by atoms with Crippen LogP contribution in [0.3, 0.4) is 0 Å². The first-order chi connectivity index (χ1) is 12.8. The number of hydrogen-bond donors (Lipinski definition) is 2. The molecule has 0 radical (unpaired) electrons. The Morgan fingerprint density at radius 2 is 2.00 bits per heavy atom. The minimum absolute atomic E-state index is 0. The van der Waals surface area contributed by atoms with Gasteiger partial charge in [-0.3, -0.25) is 0 Å². The number of guanidine groups is 1. The highest BCUT2D eigenvalue weighted by atomic mass is 127. The molecule has 0 fully saturated rings. The Morgan fingerprint density at radius 3 is 2.78 bits per heavy atom. The van der Waals surface area contributed by atoms with Crippen LogP contribution in [0.15, 0.2) is 47.5 Å². The van der Waals surface area contributed by atoms with Gasteiger partial charge in [-0.05, 0) is 36.6 Å². The Balaban J connectivity index is 0.00000261. The van der Waals surface area contributed by atoms with Gasteiger partial charge >= 0.3 is 0 Å². The largest absolute Gasteiger partial charge is 0.467 e. The van der Waals surface area contributed by atoms with Crippen LogP contribution in [0.1, 0.15) is 23.6 Å². The lowest BCUT2D eigenvalue weighted by atomic mass is 10.1. The van der Waals surface area contributed by atoms with Crippen molar-refractivity contribution in [3.8, 4) is 5.75 Å². The summed E-state index contributed by atoms with van der Waals surface area (Å²) in [6.45, 7) is 4.62. The summed E-state index contributed by atoms with van der Waals surface area (Å²) < 4.78 is 24.6. The fourth-order valence-electron chi connectivity index (χ4n) is 2.85. The highest BCUT2D eigenvalue weighted by molar-refractivity contribution is 14.0. The van der Waals surface area contributed by atoms with Gasteiger partial charge in [0.05, 0.1) is 13.2 Å². The van der Waals surface area contributed by atoms with Crippen LogP contribution in [0.2, 0.25) is 0 Å². The van der Waals surface area contributed by atoms with Gasteiger partial charge in [-0.1, -0.05) is 30.3 Å². The lowest BCUT2D eigenvalue weighted by molar-refractivity contribution is -0.0172. The van der Waals surface area contributed by atoms with E-state index in [2.05, 4.69) is 15.6 Å². The van der Waals surface area contributed by atoms with Gasteiger partial charge in [0, 0.05) is 18.7 Å². The van der Waals surface area contributed by atoms with E-state index in [9.17, 15) is 4.39 Å². The van der Waals surface area contributed by atoms with Crippen molar-refractivity contribution in [3.63, 3.8) is 0 Å².